The molecule has 0 radical (unpaired) electrons. The molecule has 0 saturated carbocycles. The second-order valence-corrected chi connectivity index (χ2v) is 6.61. The summed E-state index contributed by atoms with van der Waals surface area (Å²) in [5.41, 5.74) is 2.32. The fourth-order valence-electron chi connectivity index (χ4n) is 2.71. The Labute approximate surface area is 156 Å². The maximum atomic E-state index is 12.7. The van der Waals surface area contributed by atoms with Crippen molar-refractivity contribution in [2.45, 2.75) is 19.4 Å². The zero-order valence-corrected chi connectivity index (χ0v) is 15.3. The van der Waals surface area contributed by atoms with Crippen molar-refractivity contribution in [2.75, 3.05) is 0 Å². The third-order valence-electron chi connectivity index (χ3n) is 3.88. The van der Waals surface area contributed by atoms with E-state index in [1.165, 1.54) is 0 Å². The first kappa shape index (κ1) is 17.5. The monoisotopic (exact) mass is 371 g/mol. The quantitative estimate of drug-likeness (QED) is 0.646. The lowest BCUT2D eigenvalue weighted by atomic mass is 10.1. The molecular weight excluding hydrogens is 354 g/mol. The van der Waals surface area contributed by atoms with Crippen LogP contribution in [0.5, 0.6) is 0 Å². The fraction of sp³-hybridized carbons (Fsp3) is 0.158. The molecular formula is C19H18ClN3OS. The Kier molecular flexibility index (Phi) is 5.36. The summed E-state index contributed by atoms with van der Waals surface area (Å²) in [5, 5.41) is 3.72. The first-order valence-electron chi connectivity index (χ1n) is 7.96. The normalized spacial score (nSPS) is 11.9. The summed E-state index contributed by atoms with van der Waals surface area (Å²) < 4.78 is 2.21. The first-order valence-corrected chi connectivity index (χ1v) is 8.75. The lowest BCUT2D eigenvalue weighted by molar-refractivity contribution is 0.0933. The minimum absolute atomic E-state index is 0.0694. The molecule has 0 unspecified atom stereocenters. The number of carbonyl (C=O) groups excluding carboxylic acids is 1. The van der Waals surface area contributed by atoms with E-state index in [0.717, 1.165) is 11.3 Å². The number of benzene rings is 2. The minimum atomic E-state index is -0.184. The van der Waals surface area contributed by atoms with Gasteiger partial charge in [0.1, 0.15) is 5.69 Å². The average Bonchev–Trinajstić information content (AvgIpc) is 2.99. The molecule has 0 aliphatic rings. The molecule has 128 valence electrons. The molecule has 3 rings (SSSR count). The SMILES string of the molecule is C[C@H](Cc1ccccc1Cl)NC(=O)c1c[nH]c(=S)n1-c1ccccc1. The van der Waals surface area contributed by atoms with Crippen molar-refractivity contribution >= 4 is 29.7 Å². The van der Waals surface area contributed by atoms with Crippen LogP contribution >= 0.6 is 23.8 Å². The highest BCUT2D eigenvalue weighted by atomic mass is 35.5. The molecule has 1 atom stereocenters. The van der Waals surface area contributed by atoms with Crippen LogP contribution in [0, 0.1) is 4.77 Å². The summed E-state index contributed by atoms with van der Waals surface area (Å²) >= 11 is 11.5. The Morgan fingerprint density at radius 3 is 2.60 bits per heavy atom. The van der Waals surface area contributed by atoms with Crippen LogP contribution in [-0.4, -0.2) is 21.5 Å². The number of aromatic amines is 1. The number of nitrogens with zero attached hydrogens (tertiary/aromatic N) is 1. The summed E-state index contributed by atoms with van der Waals surface area (Å²) in [4.78, 5) is 15.7. The molecule has 0 saturated heterocycles. The van der Waals surface area contributed by atoms with Crippen molar-refractivity contribution in [1.29, 1.82) is 0 Å². The molecule has 0 bridgehead atoms. The van der Waals surface area contributed by atoms with Crippen molar-refractivity contribution in [2.24, 2.45) is 0 Å². The number of carbonyl (C=O) groups is 1. The van der Waals surface area contributed by atoms with E-state index in [1.807, 2.05) is 61.5 Å². The summed E-state index contributed by atoms with van der Waals surface area (Å²) in [6.07, 6.45) is 2.29. The molecule has 0 spiro atoms. The highest BCUT2D eigenvalue weighted by molar-refractivity contribution is 7.71. The van der Waals surface area contributed by atoms with Crippen LogP contribution in [0.1, 0.15) is 23.0 Å². The van der Waals surface area contributed by atoms with Gasteiger partial charge in [-0.15, -0.1) is 0 Å². The van der Waals surface area contributed by atoms with Gasteiger partial charge in [-0.05, 0) is 49.3 Å². The number of rotatable bonds is 5. The van der Waals surface area contributed by atoms with Crippen molar-refractivity contribution in [3.05, 3.63) is 81.8 Å². The second kappa shape index (κ2) is 7.68. The molecule has 0 aliphatic carbocycles. The molecule has 4 nitrogen and oxygen atoms in total. The van der Waals surface area contributed by atoms with Crippen LogP contribution in [0.4, 0.5) is 0 Å². The van der Waals surface area contributed by atoms with E-state index < -0.39 is 0 Å². The third kappa shape index (κ3) is 4.00. The van der Waals surface area contributed by atoms with Crippen molar-refractivity contribution in [1.82, 2.24) is 14.9 Å². The Hall–Kier alpha value is -2.37. The standard InChI is InChI=1S/C19H18ClN3OS/c1-13(11-14-7-5-6-10-16(14)20)22-18(24)17-12-21-19(25)23(17)15-8-3-2-4-9-15/h2-10,12-13H,11H2,1H3,(H,21,25)(H,22,24)/t13-/m1/s1. The predicted octanol–water partition coefficient (Wildman–Crippen LogP) is 4.55. The van der Waals surface area contributed by atoms with Gasteiger partial charge < -0.3 is 10.3 Å². The fourth-order valence-corrected chi connectivity index (χ4v) is 3.19. The van der Waals surface area contributed by atoms with Crippen LogP contribution in [-0.2, 0) is 6.42 Å². The Bertz CT molecular complexity index is 933. The van der Waals surface area contributed by atoms with E-state index in [9.17, 15) is 4.79 Å². The van der Waals surface area contributed by atoms with Gasteiger partial charge in [-0.3, -0.25) is 9.36 Å². The number of amides is 1. The van der Waals surface area contributed by atoms with E-state index in [0.29, 0.717) is 21.9 Å². The zero-order valence-electron chi connectivity index (χ0n) is 13.7. The zero-order chi connectivity index (χ0) is 17.8. The Balaban J connectivity index is 1.78. The second-order valence-electron chi connectivity index (χ2n) is 5.82. The number of halogens is 1. The maximum absolute atomic E-state index is 12.7. The third-order valence-corrected chi connectivity index (χ3v) is 4.55. The predicted molar refractivity (Wildman–Crippen MR) is 103 cm³/mol. The molecule has 3 aromatic rings. The molecule has 2 aromatic carbocycles. The summed E-state index contributed by atoms with van der Waals surface area (Å²) in [5.74, 6) is -0.184. The van der Waals surface area contributed by atoms with Crippen molar-refractivity contribution < 1.29 is 4.79 Å². The van der Waals surface area contributed by atoms with E-state index in [2.05, 4.69) is 10.3 Å². The van der Waals surface area contributed by atoms with Gasteiger partial charge in [-0.1, -0.05) is 48.0 Å². The van der Waals surface area contributed by atoms with E-state index in [-0.39, 0.29) is 11.9 Å². The Morgan fingerprint density at radius 2 is 1.88 bits per heavy atom. The molecule has 25 heavy (non-hydrogen) atoms. The van der Waals surface area contributed by atoms with Gasteiger partial charge in [0, 0.05) is 22.9 Å². The van der Waals surface area contributed by atoms with Gasteiger partial charge >= 0.3 is 0 Å². The topological polar surface area (TPSA) is 49.8 Å². The van der Waals surface area contributed by atoms with E-state index >= 15 is 0 Å². The molecule has 1 amide bonds. The smallest absolute Gasteiger partial charge is 0.270 e. The molecule has 0 aliphatic heterocycles. The summed E-state index contributed by atoms with van der Waals surface area (Å²) in [7, 11) is 0. The molecule has 0 fully saturated rings. The number of hydrogen-bond acceptors (Lipinski definition) is 2. The van der Waals surface area contributed by atoms with Crippen LogP contribution in [0.2, 0.25) is 5.02 Å². The van der Waals surface area contributed by atoms with Gasteiger partial charge in [0.15, 0.2) is 4.77 Å². The van der Waals surface area contributed by atoms with E-state index in [1.54, 1.807) is 10.8 Å². The lowest BCUT2D eigenvalue weighted by Crippen LogP contribution is -2.35. The average molecular weight is 372 g/mol. The van der Waals surface area contributed by atoms with Gasteiger partial charge in [-0.2, -0.15) is 0 Å². The van der Waals surface area contributed by atoms with Crippen LogP contribution in [0.3, 0.4) is 0 Å². The number of hydrogen-bond donors (Lipinski definition) is 2. The number of imidazole rings is 1. The molecule has 6 heteroatoms. The van der Waals surface area contributed by atoms with Gasteiger partial charge in [0.2, 0.25) is 0 Å². The van der Waals surface area contributed by atoms with E-state index in [4.69, 9.17) is 23.8 Å². The van der Waals surface area contributed by atoms with Gasteiger partial charge in [0.05, 0.1) is 0 Å². The molecule has 1 aromatic heterocycles. The first-order chi connectivity index (χ1) is 12.1. The summed E-state index contributed by atoms with van der Waals surface area (Å²) in [6.45, 7) is 1.95. The number of aromatic nitrogens is 2. The van der Waals surface area contributed by atoms with Crippen LogP contribution in [0.15, 0.2) is 60.8 Å². The van der Waals surface area contributed by atoms with Crippen LogP contribution in [0.25, 0.3) is 5.69 Å². The maximum Gasteiger partial charge on any atom is 0.270 e. The number of nitrogens with one attached hydrogen (secondary N) is 2. The largest absolute Gasteiger partial charge is 0.348 e. The van der Waals surface area contributed by atoms with Crippen LogP contribution < -0.4 is 5.32 Å². The lowest BCUT2D eigenvalue weighted by Gasteiger charge is -2.15. The number of H-pyrrole nitrogens is 1. The minimum Gasteiger partial charge on any atom is -0.348 e. The highest BCUT2D eigenvalue weighted by Crippen LogP contribution is 2.17. The van der Waals surface area contributed by atoms with Gasteiger partial charge in [0.25, 0.3) is 5.91 Å². The van der Waals surface area contributed by atoms with Gasteiger partial charge in [-0.25, -0.2) is 0 Å². The van der Waals surface area contributed by atoms with Crippen molar-refractivity contribution in [3.63, 3.8) is 0 Å². The molecule has 2 N–H and O–H groups in total. The summed E-state index contributed by atoms with van der Waals surface area (Å²) in [6, 6.07) is 17.1. The molecule has 1 heterocycles. The Morgan fingerprint density at radius 1 is 1.20 bits per heavy atom. The highest BCUT2D eigenvalue weighted by Gasteiger charge is 2.17. The number of para-hydroxylation sites is 1. The van der Waals surface area contributed by atoms with Crippen molar-refractivity contribution in [3.8, 4) is 5.69 Å².